The van der Waals surface area contributed by atoms with Crippen molar-refractivity contribution in [3.05, 3.63) is 87.3 Å². The van der Waals surface area contributed by atoms with E-state index in [0.29, 0.717) is 15.5 Å². The van der Waals surface area contributed by atoms with Crippen LogP contribution in [0.3, 0.4) is 0 Å². The standard InChI is InChI=1S/C22H18ClN3O3S2/c1-14(11-15-5-3-2-4-6-15)12-18-21(29)26(22(30)31-18)13-19(27)24-25-20(28)16-7-9-17(23)10-8-16/h2-12H,13H2,1H3,(H,24,27)(H,25,28). The van der Waals surface area contributed by atoms with Crippen molar-refractivity contribution in [3.63, 3.8) is 0 Å². The number of thioether (sulfide) groups is 1. The number of allylic oxidation sites excluding steroid dienone is 2. The smallest absolute Gasteiger partial charge is 0.269 e. The highest BCUT2D eigenvalue weighted by Crippen LogP contribution is 2.31. The quantitative estimate of drug-likeness (QED) is 0.392. The fourth-order valence-corrected chi connectivity index (χ4v) is 4.11. The van der Waals surface area contributed by atoms with Gasteiger partial charge in [0.1, 0.15) is 10.9 Å². The number of carbonyl (C=O) groups is 3. The van der Waals surface area contributed by atoms with Crippen molar-refractivity contribution < 1.29 is 14.4 Å². The number of rotatable bonds is 5. The van der Waals surface area contributed by atoms with E-state index in [1.807, 2.05) is 43.3 Å². The summed E-state index contributed by atoms with van der Waals surface area (Å²) in [5.74, 6) is -1.43. The van der Waals surface area contributed by atoms with Gasteiger partial charge in [0.2, 0.25) is 0 Å². The number of nitrogens with one attached hydrogen (secondary N) is 2. The summed E-state index contributed by atoms with van der Waals surface area (Å²) in [6, 6.07) is 15.9. The van der Waals surface area contributed by atoms with Gasteiger partial charge in [0.15, 0.2) is 0 Å². The van der Waals surface area contributed by atoms with Crippen molar-refractivity contribution in [2.75, 3.05) is 6.54 Å². The summed E-state index contributed by atoms with van der Waals surface area (Å²) in [5, 5.41) is 0.497. The van der Waals surface area contributed by atoms with E-state index < -0.39 is 11.8 Å². The van der Waals surface area contributed by atoms with E-state index in [2.05, 4.69) is 10.9 Å². The molecule has 2 N–H and O–H groups in total. The molecule has 0 atom stereocenters. The molecule has 2 aromatic rings. The minimum atomic E-state index is -0.573. The van der Waals surface area contributed by atoms with E-state index in [-0.39, 0.29) is 16.8 Å². The number of carbonyl (C=O) groups excluding carboxylic acids is 3. The van der Waals surface area contributed by atoms with E-state index in [1.54, 1.807) is 18.2 Å². The van der Waals surface area contributed by atoms with Gasteiger partial charge in [-0.25, -0.2) is 0 Å². The van der Waals surface area contributed by atoms with Crippen LogP contribution in [0.25, 0.3) is 6.08 Å². The first kappa shape index (κ1) is 22.7. The van der Waals surface area contributed by atoms with Crippen LogP contribution in [0.2, 0.25) is 5.02 Å². The number of nitrogens with zero attached hydrogens (tertiary/aromatic N) is 1. The van der Waals surface area contributed by atoms with Crippen LogP contribution in [-0.4, -0.2) is 33.5 Å². The minimum absolute atomic E-state index is 0.280. The Kier molecular flexibility index (Phi) is 7.62. The van der Waals surface area contributed by atoms with Gasteiger partial charge in [-0.05, 0) is 48.4 Å². The van der Waals surface area contributed by atoms with Crippen molar-refractivity contribution in [3.8, 4) is 0 Å². The van der Waals surface area contributed by atoms with Crippen molar-refractivity contribution in [2.24, 2.45) is 0 Å². The third kappa shape index (κ3) is 6.27. The molecular weight excluding hydrogens is 454 g/mol. The van der Waals surface area contributed by atoms with Gasteiger partial charge < -0.3 is 0 Å². The first-order valence-electron chi connectivity index (χ1n) is 9.17. The molecule has 1 aliphatic heterocycles. The molecule has 0 spiro atoms. The Labute approximate surface area is 194 Å². The van der Waals surface area contributed by atoms with Crippen molar-refractivity contribution in [1.82, 2.24) is 15.8 Å². The van der Waals surface area contributed by atoms with Gasteiger partial charge in [-0.3, -0.25) is 30.1 Å². The highest BCUT2D eigenvalue weighted by atomic mass is 35.5. The average Bonchev–Trinajstić information content (AvgIpc) is 3.00. The predicted octanol–water partition coefficient (Wildman–Crippen LogP) is 3.95. The molecule has 3 amide bonds. The molecule has 9 heteroatoms. The monoisotopic (exact) mass is 471 g/mol. The lowest BCUT2D eigenvalue weighted by molar-refractivity contribution is -0.129. The van der Waals surface area contributed by atoms with Gasteiger partial charge in [-0.2, -0.15) is 0 Å². The van der Waals surface area contributed by atoms with Crippen LogP contribution in [0.15, 0.2) is 71.2 Å². The molecule has 3 rings (SSSR count). The summed E-state index contributed by atoms with van der Waals surface area (Å²) < 4.78 is 0.280. The Hall–Kier alpha value is -2.94. The van der Waals surface area contributed by atoms with Crippen LogP contribution in [0.4, 0.5) is 0 Å². The summed E-state index contributed by atoms with van der Waals surface area (Å²) in [5.41, 5.74) is 6.82. The lowest BCUT2D eigenvalue weighted by Gasteiger charge is -2.14. The van der Waals surface area contributed by atoms with Gasteiger partial charge >= 0.3 is 0 Å². The van der Waals surface area contributed by atoms with Crippen LogP contribution in [0.1, 0.15) is 22.8 Å². The molecule has 1 fully saturated rings. The maximum absolute atomic E-state index is 12.7. The molecule has 31 heavy (non-hydrogen) atoms. The lowest BCUT2D eigenvalue weighted by Crippen LogP contribution is -2.47. The molecule has 0 saturated carbocycles. The number of hydrogen-bond donors (Lipinski definition) is 2. The van der Waals surface area contributed by atoms with Gasteiger partial charge in [0.05, 0.1) is 4.91 Å². The fraction of sp³-hybridized carbons (Fsp3) is 0.0909. The van der Waals surface area contributed by atoms with Crippen LogP contribution in [0.5, 0.6) is 0 Å². The molecule has 0 aliphatic carbocycles. The predicted molar refractivity (Wildman–Crippen MR) is 127 cm³/mol. The molecule has 0 aromatic heterocycles. The highest BCUT2D eigenvalue weighted by Gasteiger charge is 2.33. The van der Waals surface area contributed by atoms with Gasteiger partial charge in [0.25, 0.3) is 17.7 Å². The number of amides is 3. The summed E-state index contributed by atoms with van der Waals surface area (Å²) in [7, 11) is 0. The topological polar surface area (TPSA) is 78.5 Å². The first-order valence-corrected chi connectivity index (χ1v) is 10.8. The van der Waals surface area contributed by atoms with Crippen LogP contribution in [0, 0.1) is 0 Å². The first-order chi connectivity index (χ1) is 14.8. The van der Waals surface area contributed by atoms with Gasteiger partial charge in [-0.15, -0.1) is 0 Å². The maximum Gasteiger partial charge on any atom is 0.269 e. The molecule has 1 saturated heterocycles. The summed E-state index contributed by atoms with van der Waals surface area (Å²) in [4.78, 5) is 38.6. The Morgan fingerprint density at radius 3 is 2.45 bits per heavy atom. The van der Waals surface area contributed by atoms with Crippen molar-refractivity contribution >= 4 is 63.7 Å². The third-order valence-electron chi connectivity index (χ3n) is 4.15. The zero-order valence-electron chi connectivity index (χ0n) is 16.4. The van der Waals surface area contributed by atoms with Crippen molar-refractivity contribution in [2.45, 2.75) is 6.92 Å². The molecule has 0 bridgehead atoms. The van der Waals surface area contributed by atoms with E-state index in [9.17, 15) is 14.4 Å². The second-order valence-electron chi connectivity index (χ2n) is 6.58. The Bertz CT molecular complexity index is 1080. The number of hydrogen-bond acceptors (Lipinski definition) is 5. The maximum atomic E-state index is 12.7. The van der Waals surface area contributed by atoms with Crippen LogP contribution < -0.4 is 10.9 Å². The number of thiocarbonyl (C=S) groups is 1. The number of hydrazine groups is 1. The summed E-state index contributed by atoms with van der Waals surface area (Å²) in [6.45, 7) is 1.59. The van der Waals surface area contributed by atoms with Crippen LogP contribution >= 0.6 is 35.6 Å². The van der Waals surface area contributed by atoms with Gasteiger partial charge in [-0.1, -0.05) is 72.0 Å². The Balaban J connectivity index is 1.58. The normalized spacial score (nSPS) is 15.4. The largest absolute Gasteiger partial charge is 0.283 e. The second kappa shape index (κ2) is 10.4. The Morgan fingerprint density at radius 1 is 1.10 bits per heavy atom. The molecule has 1 aliphatic rings. The van der Waals surface area contributed by atoms with Crippen molar-refractivity contribution in [1.29, 1.82) is 0 Å². The molecule has 2 aromatic carbocycles. The molecule has 1 heterocycles. The van der Waals surface area contributed by atoms with E-state index in [0.717, 1.165) is 22.9 Å². The summed E-state index contributed by atoms with van der Waals surface area (Å²) in [6.07, 6.45) is 3.69. The number of halogens is 1. The molecule has 0 radical (unpaired) electrons. The highest BCUT2D eigenvalue weighted by molar-refractivity contribution is 8.26. The van der Waals surface area contributed by atoms with E-state index in [4.69, 9.17) is 23.8 Å². The average molecular weight is 472 g/mol. The van der Waals surface area contributed by atoms with E-state index in [1.165, 1.54) is 17.0 Å². The SMILES string of the molecule is CC(=Cc1ccccc1)C=C1SC(=S)N(CC(=O)NNC(=O)c2ccc(Cl)cc2)C1=O. The molecule has 6 nitrogen and oxygen atoms in total. The molecule has 158 valence electrons. The molecule has 0 unspecified atom stereocenters. The van der Waals surface area contributed by atoms with Gasteiger partial charge in [0, 0.05) is 10.6 Å². The zero-order valence-corrected chi connectivity index (χ0v) is 18.8. The molecular formula is C22H18ClN3O3S2. The fourth-order valence-electron chi connectivity index (χ4n) is 2.68. The zero-order chi connectivity index (χ0) is 22.4. The lowest BCUT2D eigenvalue weighted by atomic mass is 10.1. The van der Waals surface area contributed by atoms with E-state index >= 15 is 0 Å². The third-order valence-corrected chi connectivity index (χ3v) is 5.78. The number of benzene rings is 2. The second-order valence-corrected chi connectivity index (χ2v) is 8.69. The Morgan fingerprint density at radius 2 is 1.77 bits per heavy atom. The summed E-state index contributed by atoms with van der Waals surface area (Å²) >= 11 is 12.2. The van der Waals surface area contributed by atoms with Crippen LogP contribution in [-0.2, 0) is 9.59 Å². The minimum Gasteiger partial charge on any atom is -0.283 e.